The minimum atomic E-state index is -10.2. The van der Waals surface area contributed by atoms with E-state index in [1.54, 1.807) is 6.92 Å². The SMILES string of the molecule is Cc1ccc(-c2nc(Nc3cc(CS(C)(=O)=NC#N)cc(S(F)(F)(F)(F)F)c3)ncc2F)c(F)c1. The van der Waals surface area contributed by atoms with Gasteiger partial charge < -0.3 is 5.32 Å². The second-order valence-corrected chi connectivity index (χ2v) is 12.4. The lowest BCUT2D eigenvalue weighted by Crippen LogP contribution is -2.10. The fraction of sp³-hybridized carbons (Fsp3) is 0.150. The highest BCUT2D eigenvalue weighted by Crippen LogP contribution is 3.02. The maximum atomic E-state index is 14.3. The van der Waals surface area contributed by atoms with Gasteiger partial charge in [-0.1, -0.05) is 25.5 Å². The smallest absolute Gasteiger partial charge is 0.310 e. The summed E-state index contributed by atoms with van der Waals surface area (Å²) in [5.74, 6) is -3.13. The van der Waals surface area contributed by atoms with E-state index >= 15 is 0 Å². The summed E-state index contributed by atoms with van der Waals surface area (Å²) in [7, 11) is -13.6. The maximum absolute atomic E-state index is 14.3. The van der Waals surface area contributed by atoms with E-state index in [1.165, 1.54) is 18.3 Å². The Morgan fingerprint density at radius 1 is 1.09 bits per heavy atom. The molecular weight excluding hydrogens is 523 g/mol. The van der Waals surface area contributed by atoms with Crippen LogP contribution in [0.3, 0.4) is 0 Å². The lowest BCUT2D eigenvalue weighted by molar-refractivity contribution is 0.364. The molecule has 0 radical (unpaired) electrons. The lowest BCUT2D eigenvalue weighted by atomic mass is 10.1. The molecule has 0 saturated carbocycles. The van der Waals surface area contributed by atoms with Crippen molar-refractivity contribution in [2.24, 2.45) is 4.36 Å². The van der Waals surface area contributed by atoms with Crippen LogP contribution >= 0.6 is 10.2 Å². The zero-order valence-electron chi connectivity index (χ0n) is 17.9. The number of nitrogens with zero attached hydrogens (tertiary/aromatic N) is 4. The zero-order chi connectivity index (χ0) is 26.3. The van der Waals surface area contributed by atoms with Gasteiger partial charge in [-0.3, -0.25) is 0 Å². The van der Waals surface area contributed by atoms with E-state index in [-0.39, 0.29) is 17.7 Å². The molecule has 1 aromatic heterocycles. The first kappa shape index (κ1) is 26.2. The predicted octanol–water partition coefficient (Wildman–Crippen LogP) is 7.21. The van der Waals surface area contributed by atoms with Crippen molar-refractivity contribution in [2.75, 3.05) is 11.6 Å². The van der Waals surface area contributed by atoms with Crippen molar-refractivity contribution in [1.82, 2.24) is 9.97 Å². The van der Waals surface area contributed by atoms with E-state index in [0.717, 1.165) is 18.4 Å². The second kappa shape index (κ2) is 8.09. The van der Waals surface area contributed by atoms with Crippen LogP contribution in [0.25, 0.3) is 11.3 Å². The fourth-order valence-electron chi connectivity index (χ4n) is 3.02. The molecular formula is C20H16F7N5OS2. The molecule has 3 aromatic rings. The van der Waals surface area contributed by atoms with Crippen LogP contribution < -0.4 is 5.32 Å². The van der Waals surface area contributed by atoms with E-state index in [4.69, 9.17) is 5.26 Å². The standard InChI is InChI=1S/C20H16F7N5OS2/c1-12-3-4-16(17(21)5-12)19-18(22)9-29-20(32-19)31-14-6-13(10-34(2,33)30-11-28)7-15(8-14)35(23,24,25,26)27/h3-9H,10H2,1-2H3,(H,29,31,32). The van der Waals surface area contributed by atoms with Crippen LogP contribution in [0, 0.1) is 30.0 Å². The number of anilines is 2. The molecule has 0 aliphatic heterocycles. The summed E-state index contributed by atoms with van der Waals surface area (Å²) in [4.78, 5) is 5.04. The summed E-state index contributed by atoms with van der Waals surface area (Å²) in [6, 6.07) is 4.98. The Hall–Kier alpha value is -3.38. The number of benzene rings is 2. The van der Waals surface area contributed by atoms with Gasteiger partial charge in [0.15, 0.2) is 5.82 Å². The molecule has 0 saturated heterocycles. The zero-order valence-corrected chi connectivity index (χ0v) is 19.5. The summed E-state index contributed by atoms with van der Waals surface area (Å²) in [6.45, 7) is 1.60. The average Bonchev–Trinajstić information content (AvgIpc) is 2.67. The van der Waals surface area contributed by atoms with E-state index in [1.807, 2.05) is 0 Å². The number of hydrogen-bond acceptors (Lipinski definition) is 6. The third-order valence-electron chi connectivity index (χ3n) is 4.46. The normalized spacial score (nSPS) is 15.3. The van der Waals surface area contributed by atoms with Gasteiger partial charge in [0.25, 0.3) is 0 Å². The van der Waals surface area contributed by atoms with Gasteiger partial charge in [0.2, 0.25) is 12.1 Å². The Morgan fingerprint density at radius 2 is 1.77 bits per heavy atom. The van der Waals surface area contributed by atoms with Gasteiger partial charge >= 0.3 is 10.2 Å². The molecule has 1 N–H and O–H groups in total. The van der Waals surface area contributed by atoms with Crippen LogP contribution in [-0.4, -0.2) is 20.4 Å². The molecule has 0 bridgehead atoms. The van der Waals surface area contributed by atoms with Crippen LogP contribution in [0.4, 0.5) is 39.8 Å². The fourth-order valence-corrected chi connectivity index (χ4v) is 4.77. The Morgan fingerprint density at radius 3 is 2.37 bits per heavy atom. The van der Waals surface area contributed by atoms with Crippen molar-refractivity contribution in [2.45, 2.75) is 17.6 Å². The Labute approximate surface area is 195 Å². The summed E-state index contributed by atoms with van der Waals surface area (Å²) >= 11 is 0. The molecule has 0 spiro atoms. The minimum Gasteiger partial charge on any atom is -0.324 e. The van der Waals surface area contributed by atoms with Gasteiger partial charge in [0.1, 0.15) is 16.4 Å². The summed E-state index contributed by atoms with van der Waals surface area (Å²) in [5, 5.41) is 10.9. The lowest BCUT2D eigenvalue weighted by Gasteiger charge is -2.41. The van der Waals surface area contributed by atoms with E-state index in [9.17, 15) is 32.4 Å². The summed E-state index contributed by atoms with van der Waals surface area (Å²) in [5.41, 5.74) is -1.32. The molecule has 1 atom stereocenters. The van der Waals surface area contributed by atoms with Crippen LogP contribution in [0.2, 0.25) is 0 Å². The first-order valence-electron chi connectivity index (χ1n) is 9.39. The second-order valence-electron chi connectivity index (χ2n) is 7.63. The van der Waals surface area contributed by atoms with E-state index in [2.05, 4.69) is 19.6 Å². The molecule has 1 heterocycles. The van der Waals surface area contributed by atoms with Gasteiger partial charge in [0, 0.05) is 17.5 Å². The van der Waals surface area contributed by atoms with Crippen molar-refractivity contribution in [3.05, 3.63) is 65.4 Å². The van der Waals surface area contributed by atoms with Crippen molar-refractivity contribution in [1.29, 1.82) is 5.26 Å². The molecule has 0 aliphatic carbocycles. The highest BCUT2D eigenvalue weighted by Gasteiger charge is 2.65. The number of nitriles is 1. The van der Waals surface area contributed by atoms with Crippen molar-refractivity contribution >= 4 is 31.6 Å². The molecule has 35 heavy (non-hydrogen) atoms. The third kappa shape index (κ3) is 6.61. The van der Waals surface area contributed by atoms with Crippen LogP contribution in [-0.2, 0) is 15.5 Å². The van der Waals surface area contributed by atoms with Gasteiger partial charge in [-0.25, -0.2) is 23.0 Å². The number of rotatable bonds is 6. The molecule has 15 heteroatoms. The van der Waals surface area contributed by atoms with Crippen molar-refractivity contribution in [3.63, 3.8) is 0 Å². The van der Waals surface area contributed by atoms with Crippen molar-refractivity contribution in [3.8, 4) is 17.5 Å². The molecule has 2 aromatic carbocycles. The van der Waals surface area contributed by atoms with E-state index in [0.29, 0.717) is 11.8 Å². The maximum Gasteiger partial charge on any atom is 0.310 e. The van der Waals surface area contributed by atoms with Crippen molar-refractivity contribution < 1.29 is 32.4 Å². The number of hydrogen-bond donors (Lipinski definition) is 1. The predicted molar refractivity (Wildman–Crippen MR) is 119 cm³/mol. The molecule has 0 amide bonds. The monoisotopic (exact) mass is 539 g/mol. The van der Waals surface area contributed by atoms with Gasteiger partial charge in [0.05, 0.1) is 21.7 Å². The topological polar surface area (TPSA) is 91.0 Å². The highest BCUT2D eigenvalue weighted by molar-refractivity contribution is 8.45. The number of halogens is 7. The van der Waals surface area contributed by atoms with Gasteiger partial charge in [-0.2, -0.15) is 5.26 Å². The number of aryl methyl sites for hydroxylation is 1. The molecule has 188 valence electrons. The van der Waals surface area contributed by atoms with Crippen LogP contribution in [0.15, 0.2) is 51.9 Å². The first-order chi connectivity index (χ1) is 15.9. The Bertz CT molecular complexity index is 1500. The van der Waals surface area contributed by atoms with Crippen LogP contribution in [0.5, 0.6) is 0 Å². The molecule has 0 fully saturated rings. The Balaban J connectivity index is 2.12. The minimum absolute atomic E-state index is 0.0861. The third-order valence-corrected chi connectivity index (χ3v) is 6.92. The molecule has 1 unspecified atom stereocenters. The van der Waals surface area contributed by atoms with Gasteiger partial charge in [-0.15, -0.1) is 4.36 Å². The van der Waals surface area contributed by atoms with Crippen LogP contribution in [0.1, 0.15) is 11.1 Å². The summed E-state index contributed by atoms with van der Waals surface area (Å²) in [6.07, 6.45) is 2.86. The van der Waals surface area contributed by atoms with E-state index < -0.39 is 65.1 Å². The molecule has 3 rings (SSSR count). The summed E-state index contributed by atoms with van der Waals surface area (Å²) < 4.78 is 112. The first-order valence-corrected chi connectivity index (χ1v) is 13.4. The molecule has 6 nitrogen and oxygen atoms in total. The highest BCUT2D eigenvalue weighted by atomic mass is 32.5. The Kier molecular flexibility index (Phi) is 6.06. The van der Waals surface area contributed by atoms with Gasteiger partial charge in [-0.05, 0) is 48.4 Å². The largest absolute Gasteiger partial charge is 0.324 e. The average molecular weight is 540 g/mol. The molecule has 0 aliphatic rings. The number of nitrogens with one attached hydrogen (secondary N) is 1. The number of aromatic nitrogens is 2. The quantitative estimate of drug-likeness (QED) is 0.264.